The number of likely N-dealkylation sites (tertiary alicyclic amines) is 1. The Labute approximate surface area is 195 Å². The maximum atomic E-state index is 14.8. The van der Waals surface area contributed by atoms with E-state index in [0.717, 1.165) is 38.8 Å². The highest BCUT2D eigenvalue weighted by Gasteiger charge is 2.44. The molecular formula is C23H36FN8O+. The molecule has 3 N–H and O–H groups in total. The predicted octanol–water partition coefficient (Wildman–Crippen LogP) is 3.49. The van der Waals surface area contributed by atoms with Gasteiger partial charge in [0.1, 0.15) is 6.04 Å². The van der Waals surface area contributed by atoms with Crippen molar-refractivity contribution < 1.29 is 9.13 Å². The minimum absolute atomic E-state index is 0.111. The lowest BCUT2D eigenvalue weighted by atomic mass is 10.0. The van der Waals surface area contributed by atoms with E-state index < -0.39 is 5.82 Å². The average molecular weight is 460 g/mol. The lowest BCUT2D eigenvalue weighted by Gasteiger charge is -2.41. The van der Waals surface area contributed by atoms with Crippen molar-refractivity contribution >= 4 is 23.7 Å². The standard InChI is InChI=1S/C23H36FN8O/c1-31-12-10-17(11-13-31)32(2,20-14-18(24)19(33-3)15-26-20)23-29-21(25)28-22(30-23)27-16-8-6-4-5-7-9-16/h14-17H,4-13H2,1-3H3,(H3,25,27,28,29,30)/q+1. The number of methoxy groups -OCH3 is 1. The number of quaternary nitrogens is 1. The van der Waals surface area contributed by atoms with Gasteiger partial charge in [-0.3, -0.25) is 0 Å². The molecule has 1 unspecified atom stereocenters. The summed E-state index contributed by atoms with van der Waals surface area (Å²) in [6, 6.07) is 1.87. The molecule has 9 nitrogen and oxygen atoms in total. The molecule has 4 rings (SSSR count). The van der Waals surface area contributed by atoms with Crippen LogP contribution in [0.25, 0.3) is 0 Å². The Hall–Kier alpha value is -2.59. The van der Waals surface area contributed by atoms with Crippen LogP contribution in [-0.4, -0.2) is 71.2 Å². The summed E-state index contributed by atoms with van der Waals surface area (Å²) in [4.78, 5) is 20.6. The molecule has 2 aromatic heterocycles. The van der Waals surface area contributed by atoms with E-state index in [4.69, 9.17) is 15.5 Å². The van der Waals surface area contributed by atoms with Crippen molar-refractivity contribution in [2.24, 2.45) is 0 Å². The summed E-state index contributed by atoms with van der Waals surface area (Å²) >= 11 is 0. The zero-order valence-corrected chi connectivity index (χ0v) is 19.9. The number of nitrogens with zero attached hydrogens (tertiary/aromatic N) is 6. The van der Waals surface area contributed by atoms with Crippen LogP contribution in [0.3, 0.4) is 0 Å². The number of nitrogen functional groups attached to an aromatic ring is 1. The third kappa shape index (κ3) is 5.16. The van der Waals surface area contributed by atoms with Gasteiger partial charge >= 0.3 is 5.95 Å². The van der Waals surface area contributed by atoms with Crippen molar-refractivity contribution in [3.63, 3.8) is 0 Å². The molecule has 1 saturated carbocycles. The second kappa shape index (κ2) is 10.1. The molecule has 1 aliphatic heterocycles. The lowest BCUT2D eigenvalue weighted by molar-refractivity contribution is 0.177. The van der Waals surface area contributed by atoms with Gasteiger partial charge in [-0.25, -0.2) is 13.9 Å². The van der Waals surface area contributed by atoms with Gasteiger partial charge in [-0.2, -0.15) is 4.98 Å². The number of hydrogen-bond acceptors (Lipinski definition) is 8. The van der Waals surface area contributed by atoms with Crippen molar-refractivity contribution in [3.05, 3.63) is 18.1 Å². The largest absolute Gasteiger partial charge is 0.492 e. The second-order valence-electron chi connectivity index (χ2n) is 9.44. The summed E-state index contributed by atoms with van der Waals surface area (Å²) < 4.78 is 20.0. The maximum absolute atomic E-state index is 14.8. The summed E-state index contributed by atoms with van der Waals surface area (Å²) in [5, 5.41) is 3.49. The molecule has 0 aromatic carbocycles. The normalized spacial score (nSPS) is 20.7. The van der Waals surface area contributed by atoms with Crippen molar-refractivity contribution in [2.75, 3.05) is 45.3 Å². The number of ether oxygens (including phenoxy) is 1. The van der Waals surface area contributed by atoms with Crippen molar-refractivity contribution in [1.82, 2.24) is 29.3 Å². The third-order valence-electron chi connectivity index (χ3n) is 7.16. The van der Waals surface area contributed by atoms with E-state index in [1.54, 1.807) is 0 Å². The number of rotatable bonds is 6. The van der Waals surface area contributed by atoms with Gasteiger partial charge in [0, 0.05) is 32.0 Å². The first-order valence-electron chi connectivity index (χ1n) is 11.9. The SMILES string of the molecule is COc1cnc([N+](C)(c2nc(N)nc(NC3CCCCCC3)n2)C2CCN(C)CC2)cc1F. The highest BCUT2D eigenvalue weighted by atomic mass is 19.1. The molecule has 1 atom stereocenters. The van der Waals surface area contributed by atoms with E-state index in [1.807, 2.05) is 7.05 Å². The van der Waals surface area contributed by atoms with Crippen LogP contribution in [0.4, 0.5) is 28.1 Å². The van der Waals surface area contributed by atoms with E-state index in [2.05, 4.69) is 32.2 Å². The maximum Gasteiger partial charge on any atom is 0.342 e. The summed E-state index contributed by atoms with van der Waals surface area (Å²) in [7, 11) is 5.54. The smallest absolute Gasteiger partial charge is 0.342 e. The average Bonchev–Trinajstić information content (AvgIpc) is 3.07. The number of aromatic nitrogens is 4. The van der Waals surface area contributed by atoms with Crippen LogP contribution in [0, 0.1) is 5.82 Å². The molecule has 2 aliphatic rings. The summed E-state index contributed by atoms with van der Waals surface area (Å²) in [5.41, 5.74) is 6.16. The molecule has 1 aliphatic carbocycles. The lowest BCUT2D eigenvalue weighted by Crippen LogP contribution is -2.55. The Balaban J connectivity index is 1.73. The second-order valence-corrected chi connectivity index (χ2v) is 9.44. The van der Waals surface area contributed by atoms with Crippen LogP contribution in [-0.2, 0) is 0 Å². The van der Waals surface area contributed by atoms with Crippen LogP contribution in [0.1, 0.15) is 51.4 Å². The Kier molecular flexibility index (Phi) is 7.23. The molecule has 2 aromatic rings. The third-order valence-corrected chi connectivity index (χ3v) is 7.16. The minimum Gasteiger partial charge on any atom is -0.492 e. The van der Waals surface area contributed by atoms with Crippen LogP contribution >= 0.6 is 0 Å². The molecule has 2 fully saturated rings. The van der Waals surface area contributed by atoms with Crippen LogP contribution in [0.15, 0.2) is 12.3 Å². The van der Waals surface area contributed by atoms with Gasteiger partial charge in [0.15, 0.2) is 11.6 Å². The van der Waals surface area contributed by atoms with E-state index in [0.29, 0.717) is 23.8 Å². The fraction of sp³-hybridized carbons (Fsp3) is 0.652. The number of nitrogens with one attached hydrogen (secondary N) is 1. The van der Waals surface area contributed by atoms with Crippen molar-refractivity contribution in [3.8, 4) is 5.75 Å². The molecule has 1 saturated heterocycles. The minimum atomic E-state index is -0.460. The van der Waals surface area contributed by atoms with E-state index in [-0.39, 0.29) is 22.2 Å². The summed E-state index contributed by atoms with van der Waals surface area (Å²) in [6.45, 7) is 1.87. The van der Waals surface area contributed by atoms with Gasteiger partial charge in [0.25, 0.3) is 0 Å². The van der Waals surface area contributed by atoms with E-state index in [1.165, 1.54) is 45.1 Å². The van der Waals surface area contributed by atoms with Gasteiger partial charge in [-0.15, -0.1) is 9.97 Å². The fourth-order valence-electron chi connectivity index (χ4n) is 5.04. The highest BCUT2D eigenvalue weighted by Crippen LogP contribution is 2.37. The number of anilines is 2. The van der Waals surface area contributed by atoms with Gasteiger partial charge in [0.05, 0.1) is 26.4 Å². The first-order chi connectivity index (χ1) is 15.9. The first-order valence-corrected chi connectivity index (χ1v) is 11.9. The fourth-order valence-corrected chi connectivity index (χ4v) is 5.04. The first kappa shape index (κ1) is 23.6. The molecule has 3 heterocycles. The van der Waals surface area contributed by atoms with Gasteiger partial charge in [-0.05, 0) is 19.9 Å². The van der Waals surface area contributed by atoms with E-state index in [9.17, 15) is 4.39 Å². The predicted molar refractivity (Wildman–Crippen MR) is 128 cm³/mol. The number of halogens is 1. The molecular weight excluding hydrogens is 423 g/mol. The molecule has 0 amide bonds. The molecule has 0 bridgehead atoms. The zero-order valence-electron chi connectivity index (χ0n) is 19.9. The Bertz CT molecular complexity index is 944. The Morgan fingerprint density at radius 3 is 2.42 bits per heavy atom. The zero-order chi connectivity index (χ0) is 23.4. The Morgan fingerprint density at radius 2 is 1.79 bits per heavy atom. The topological polar surface area (TPSA) is 102 Å². The number of pyridine rings is 1. The van der Waals surface area contributed by atoms with Gasteiger partial charge < -0.3 is 20.7 Å². The van der Waals surface area contributed by atoms with Crippen LogP contribution in [0.5, 0.6) is 5.75 Å². The monoisotopic (exact) mass is 459 g/mol. The molecule has 33 heavy (non-hydrogen) atoms. The van der Waals surface area contributed by atoms with Crippen molar-refractivity contribution in [1.29, 1.82) is 0 Å². The quantitative estimate of drug-likeness (QED) is 0.500. The Morgan fingerprint density at radius 1 is 1.09 bits per heavy atom. The number of hydrogen-bond donors (Lipinski definition) is 2. The molecule has 0 radical (unpaired) electrons. The molecule has 0 spiro atoms. The highest BCUT2D eigenvalue weighted by molar-refractivity contribution is 5.52. The molecule has 10 heteroatoms. The van der Waals surface area contributed by atoms with Crippen molar-refractivity contribution in [2.45, 2.75) is 63.5 Å². The summed E-state index contributed by atoms with van der Waals surface area (Å²) in [6.07, 6.45) is 10.3. The summed E-state index contributed by atoms with van der Waals surface area (Å²) in [5.74, 6) is 1.29. The number of nitrogens with two attached hydrogens (primary N) is 1. The van der Waals surface area contributed by atoms with Crippen LogP contribution in [0.2, 0.25) is 0 Å². The van der Waals surface area contributed by atoms with Crippen LogP contribution < -0.4 is 20.3 Å². The van der Waals surface area contributed by atoms with E-state index >= 15 is 0 Å². The number of piperidine rings is 1. The van der Waals surface area contributed by atoms with Gasteiger partial charge in [-0.1, -0.05) is 25.7 Å². The molecule has 180 valence electrons. The van der Waals surface area contributed by atoms with Gasteiger partial charge in [0.2, 0.25) is 17.7 Å².